The van der Waals surface area contributed by atoms with E-state index < -0.39 is 10.0 Å². The normalized spacial score (nSPS) is 12.9. The molecule has 0 unspecified atom stereocenters. The number of sulfonamides is 1. The molecule has 3 aromatic carbocycles. The molecule has 0 aliphatic carbocycles. The molecular formula is C24H25N3O4S. The van der Waals surface area contributed by atoms with E-state index in [9.17, 15) is 13.2 Å². The molecule has 166 valence electrons. The fourth-order valence-corrected chi connectivity index (χ4v) is 5.13. The quantitative estimate of drug-likeness (QED) is 0.564. The number of fused-ring (bicyclic) bond motifs is 1. The number of urea groups is 1. The lowest BCUT2D eigenvalue weighted by Gasteiger charge is -2.20. The van der Waals surface area contributed by atoms with Gasteiger partial charge in [0.2, 0.25) is 0 Å². The first-order valence-electron chi connectivity index (χ1n) is 10.4. The summed E-state index contributed by atoms with van der Waals surface area (Å²) in [6.07, 6.45) is 0.580. The third-order valence-electron chi connectivity index (χ3n) is 5.22. The third kappa shape index (κ3) is 4.55. The summed E-state index contributed by atoms with van der Waals surface area (Å²) in [5, 5.41) is 5.58. The number of carbonyl (C=O) groups is 1. The highest BCUT2D eigenvalue weighted by Gasteiger charge is 2.31. The molecule has 1 aliphatic rings. The Balaban J connectivity index is 1.45. The van der Waals surface area contributed by atoms with Crippen LogP contribution in [-0.4, -0.2) is 27.6 Å². The molecule has 7 nitrogen and oxygen atoms in total. The lowest BCUT2D eigenvalue weighted by atomic mass is 10.1. The van der Waals surface area contributed by atoms with Gasteiger partial charge in [0.05, 0.1) is 17.2 Å². The van der Waals surface area contributed by atoms with Crippen molar-refractivity contribution in [3.63, 3.8) is 0 Å². The van der Waals surface area contributed by atoms with Gasteiger partial charge in [0.25, 0.3) is 10.0 Å². The Labute approximate surface area is 188 Å². The SMILES string of the molecule is CCOc1ccc(NC(=O)Nc2ccc3c(c2)CCN3S(=O)(=O)c2ccc(C)cc2)cc1. The molecule has 0 spiro atoms. The van der Waals surface area contributed by atoms with Crippen molar-refractivity contribution >= 4 is 33.1 Å². The predicted octanol–water partition coefficient (Wildman–Crippen LogP) is 4.79. The van der Waals surface area contributed by atoms with Gasteiger partial charge in [-0.2, -0.15) is 0 Å². The minimum Gasteiger partial charge on any atom is -0.494 e. The molecule has 8 heteroatoms. The number of hydrogen-bond donors (Lipinski definition) is 2. The van der Waals surface area contributed by atoms with Gasteiger partial charge in [0.15, 0.2) is 0 Å². The van der Waals surface area contributed by atoms with Crippen LogP contribution in [0.2, 0.25) is 0 Å². The van der Waals surface area contributed by atoms with Gasteiger partial charge in [-0.05, 0) is 80.4 Å². The number of rotatable bonds is 6. The number of carbonyl (C=O) groups excluding carboxylic acids is 1. The molecule has 1 heterocycles. The van der Waals surface area contributed by atoms with E-state index in [1.807, 2.05) is 19.9 Å². The van der Waals surface area contributed by atoms with Crippen LogP contribution in [0.25, 0.3) is 0 Å². The highest BCUT2D eigenvalue weighted by Crippen LogP contribution is 2.34. The van der Waals surface area contributed by atoms with Crippen molar-refractivity contribution in [2.45, 2.75) is 25.2 Å². The Morgan fingerprint density at radius 3 is 2.31 bits per heavy atom. The van der Waals surface area contributed by atoms with Crippen molar-refractivity contribution in [2.24, 2.45) is 0 Å². The first-order chi connectivity index (χ1) is 15.4. The molecule has 0 saturated carbocycles. The van der Waals surface area contributed by atoms with E-state index in [1.54, 1.807) is 60.7 Å². The summed E-state index contributed by atoms with van der Waals surface area (Å²) in [7, 11) is -3.63. The zero-order valence-corrected chi connectivity index (χ0v) is 18.8. The number of nitrogens with zero attached hydrogens (tertiary/aromatic N) is 1. The summed E-state index contributed by atoms with van der Waals surface area (Å²) in [5.41, 5.74) is 3.76. The monoisotopic (exact) mass is 451 g/mol. The second-order valence-corrected chi connectivity index (χ2v) is 9.38. The number of nitrogens with one attached hydrogen (secondary N) is 2. The standard InChI is InChI=1S/C24H25N3O4S/c1-3-31-21-9-6-19(7-10-21)25-24(28)26-20-8-13-23-18(16-20)14-15-27(23)32(29,30)22-11-4-17(2)5-12-22/h4-13,16H,3,14-15H2,1-2H3,(H2,25,26,28). The van der Waals surface area contributed by atoms with E-state index in [1.165, 1.54) is 4.31 Å². The minimum absolute atomic E-state index is 0.271. The van der Waals surface area contributed by atoms with Gasteiger partial charge in [-0.15, -0.1) is 0 Å². The molecule has 0 saturated heterocycles. The highest BCUT2D eigenvalue weighted by atomic mass is 32.2. The van der Waals surface area contributed by atoms with Crippen molar-refractivity contribution in [3.8, 4) is 5.75 Å². The first-order valence-corrected chi connectivity index (χ1v) is 11.8. The second-order valence-electron chi connectivity index (χ2n) is 7.52. The molecule has 0 radical (unpaired) electrons. The largest absolute Gasteiger partial charge is 0.494 e. The van der Waals surface area contributed by atoms with Crippen LogP contribution >= 0.6 is 0 Å². The van der Waals surface area contributed by atoms with Crippen LogP contribution < -0.4 is 19.7 Å². The Hall–Kier alpha value is -3.52. The van der Waals surface area contributed by atoms with Gasteiger partial charge in [-0.25, -0.2) is 13.2 Å². The Kier molecular flexibility index (Phi) is 6.05. The number of hydrogen-bond acceptors (Lipinski definition) is 4. The minimum atomic E-state index is -3.63. The topological polar surface area (TPSA) is 87.7 Å². The summed E-state index contributed by atoms with van der Waals surface area (Å²) in [6, 6.07) is 18.8. The summed E-state index contributed by atoms with van der Waals surface area (Å²) in [6.45, 7) is 4.78. The maximum atomic E-state index is 13.1. The van der Waals surface area contributed by atoms with Gasteiger partial charge in [0.1, 0.15) is 5.75 Å². The van der Waals surface area contributed by atoms with E-state index in [0.717, 1.165) is 16.9 Å². The lowest BCUT2D eigenvalue weighted by molar-refractivity contribution is 0.262. The van der Waals surface area contributed by atoms with Crippen LogP contribution in [0.3, 0.4) is 0 Å². The van der Waals surface area contributed by atoms with Crippen LogP contribution in [-0.2, 0) is 16.4 Å². The van der Waals surface area contributed by atoms with Crippen molar-refractivity contribution in [3.05, 3.63) is 77.9 Å². The number of benzene rings is 3. The van der Waals surface area contributed by atoms with Gasteiger partial charge < -0.3 is 15.4 Å². The Bertz CT molecular complexity index is 1220. The van der Waals surface area contributed by atoms with E-state index in [4.69, 9.17) is 4.74 Å². The zero-order chi connectivity index (χ0) is 22.7. The lowest BCUT2D eigenvalue weighted by Crippen LogP contribution is -2.29. The van der Waals surface area contributed by atoms with Crippen LogP contribution in [0.15, 0.2) is 71.6 Å². The molecule has 0 fully saturated rings. The highest BCUT2D eigenvalue weighted by molar-refractivity contribution is 7.92. The number of aryl methyl sites for hydroxylation is 1. The number of amides is 2. The zero-order valence-electron chi connectivity index (χ0n) is 18.0. The van der Waals surface area contributed by atoms with Crippen LogP contribution in [0.5, 0.6) is 5.75 Å². The van der Waals surface area contributed by atoms with E-state index in [-0.39, 0.29) is 10.9 Å². The number of anilines is 3. The molecule has 0 atom stereocenters. The Morgan fingerprint density at radius 2 is 1.62 bits per heavy atom. The smallest absolute Gasteiger partial charge is 0.323 e. The van der Waals surface area contributed by atoms with Crippen LogP contribution in [0, 0.1) is 6.92 Å². The third-order valence-corrected chi connectivity index (χ3v) is 7.05. The van der Waals surface area contributed by atoms with Crippen LogP contribution in [0.1, 0.15) is 18.1 Å². The average molecular weight is 452 g/mol. The summed E-state index contributed by atoms with van der Waals surface area (Å²) in [5.74, 6) is 0.738. The molecule has 1 aliphatic heterocycles. The molecule has 2 amide bonds. The van der Waals surface area contributed by atoms with E-state index >= 15 is 0 Å². The van der Waals surface area contributed by atoms with Crippen molar-refractivity contribution < 1.29 is 17.9 Å². The predicted molar refractivity (Wildman–Crippen MR) is 126 cm³/mol. The van der Waals surface area contributed by atoms with Gasteiger partial charge in [-0.3, -0.25) is 4.31 Å². The summed E-state index contributed by atoms with van der Waals surface area (Å²) >= 11 is 0. The molecule has 32 heavy (non-hydrogen) atoms. The van der Waals surface area contributed by atoms with E-state index in [0.29, 0.717) is 36.6 Å². The molecule has 4 rings (SSSR count). The van der Waals surface area contributed by atoms with Crippen LogP contribution in [0.4, 0.5) is 21.9 Å². The molecular weight excluding hydrogens is 426 g/mol. The average Bonchev–Trinajstić information content (AvgIpc) is 3.20. The molecule has 0 aromatic heterocycles. The fourth-order valence-electron chi connectivity index (χ4n) is 3.63. The summed E-state index contributed by atoms with van der Waals surface area (Å²) < 4.78 is 33.0. The van der Waals surface area contributed by atoms with Gasteiger partial charge in [0, 0.05) is 17.9 Å². The first kappa shape index (κ1) is 21.7. The maximum Gasteiger partial charge on any atom is 0.323 e. The number of ether oxygens (including phenoxy) is 1. The van der Waals surface area contributed by atoms with E-state index in [2.05, 4.69) is 10.6 Å². The van der Waals surface area contributed by atoms with Gasteiger partial charge in [-0.1, -0.05) is 17.7 Å². The Morgan fingerprint density at radius 1 is 0.969 bits per heavy atom. The molecule has 2 N–H and O–H groups in total. The summed E-state index contributed by atoms with van der Waals surface area (Å²) in [4.78, 5) is 12.6. The van der Waals surface area contributed by atoms with Crippen molar-refractivity contribution in [1.82, 2.24) is 0 Å². The van der Waals surface area contributed by atoms with Crippen molar-refractivity contribution in [1.29, 1.82) is 0 Å². The second kappa shape index (κ2) is 8.92. The molecule has 0 bridgehead atoms. The molecule has 3 aromatic rings. The fraction of sp³-hybridized carbons (Fsp3) is 0.208. The van der Waals surface area contributed by atoms with Gasteiger partial charge >= 0.3 is 6.03 Å². The van der Waals surface area contributed by atoms with Crippen molar-refractivity contribution in [2.75, 3.05) is 28.1 Å². The maximum absolute atomic E-state index is 13.1.